The molecule has 3 nitrogen and oxygen atoms in total. The summed E-state index contributed by atoms with van der Waals surface area (Å²) in [5.74, 6) is 3.08. The summed E-state index contributed by atoms with van der Waals surface area (Å²) >= 11 is 3.87. The average Bonchev–Trinajstić information content (AvgIpc) is 3.10. The van der Waals surface area contributed by atoms with E-state index in [2.05, 4.69) is 11.1 Å². The highest BCUT2D eigenvalue weighted by Gasteiger charge is 2.19. The number of para-hydroxylation sites is 2. The maximum absolute atomic E-state index is 6.36. The Labute approximate surface area is 131 Å². The molecule has 2 aromatic heterocycles. The summed E-state index contributed by atoms with van der Waals surface area (Å²) in [6, 6.07) is 10.1. The molecule has 0 saturated carbocycles. The Kier molecular flexibility index (Phi) is 3.49. The van der Waals surface area contributed by atoms with Crippen LogP contribution in [-0.2, 0) is 18.6 Å². The van der Waals surface area contributed by atoms with Gasteiger partial charge in [-0.25, -0.2) is 4.98 Å². The predicted molar refractivity (Wildman–Crippen MR) is 88.8 cm³/mol. The lowest BCUT2D eigenvalue weighted by Gasteiger charge is -2.08. The van der Waals surface area contributed by atoms with Gasteiger partial charge in [-0.1, -0.05) is 12.1 Å². The van der Waals surface area contributed by atoms with Crippen molar-refractivity contribution >= 4 is 34.2 Å². The van der Waals surface area contributed by atoms with Gasteiger partial charge >= 0.3 is 0 Å². The van der Waals surface area contributed by atoms with E-state index in [1.807, 2.05) is 47.4 Å². The van der Waals surface area contributed by atoms with Crippen LogP contribution in [0.1, 0.15) is 27.3 Å². The molecule has 0 saturated heterocycles. The van der Waals surface area contributed by atoms with Gasteiger partial charge in [-0.15, -0.1) is 11.3 Å². The lowest BCUT2D eigenvalue weighted by atomic mass is 10.1. The van der Waals surface area contributed by atoms with E-state index in [1.165, 1.54) is 27.5 Å². The van der Waals surface area contributed by atoms with Gasteiger partial charge in [0.1, 0.15) is 5.52 Å². The normalized spacial score (nSPS) is 16.0. The van der Waals surface area contributed by atoms with Crippen LogP contribution in [0.15, 0.2) is 34.7 Å². The number of aromatic nitrogens is 1. The maximum atomic E-state index is 6.36. The van der Waals surface area contributed by atoms with E-state index in [0.29, 0.717) is 6.42 Å². The first-order chi connectivity index (χ1) is 10.3. The van der Waals surface area contributed by atoms with E-state index in [9.17, 15) is 0 Å². The van der Waals surface area contributed by atoms with Crippen molar-refractivity contribution in [1.82, 2.24) is 4.98 Å². The summed E-state index contributed by atoms with van der Waals surface area (Å²) in [6.07, 6.45) is 1.83. The summed E-state index contributed by atoms with van der Waals surface area (Å²) in [5.41, 5.74) is 9.58. The van der Waals surface area contributed by atoms with Crippen molar-refractivity contribution in [2.24, 2.45) is 5.73 Å². The molecule has 108 valence electrons. The minimum absolute atomic E-state index is 0.0290. The minimum atomic E-state index is -0.0290. The Balaban J connectivity index is 1.57. The molecule has 1 atom stereocenters. The molecular formula is C16H16N2OS2. The molecule has 4 rings (SSSR count). The van der Waals surface area contributed by atoms with E-state index in [1.54, 1.807) is 0 Å². The highest BCUT2D eigenvalue weighted by Crippen LogP contribution is 2.34. The van der Waals surface area contributed by atoms with Crippen molar-refractivity contribution in [3.63, 3.8) is 0 Å². The third kappa shape index (κ3) is 2.61. The molecule has 0 amide bonds. The fourth-order valence-electron chi connectivity index (χ4n) is 2.65. The van der Waals surface area contributed by atoms with Crippen LogP contribution in [0.4, 0.5) is 0 Å². The van der Waals surface area contributed by atoms with Gasteiger partial charge in [0.2, 0.25) is 0 Å². The van der Waals surface area contributed by atoms with Crippen molar-refractivity contribution < 1.29 is 4.42 Å². The molecule has 0 radical (unpaired) electrons. The average molecular weight is 316 g/mol. The van der Waals surface area contributed by atoms with E-state index in [4.69, 9.17) is 10.2 Å². The summed E-state index contributed by atoms with van der Waals surface area (Å²) in [6.45, 7) is 0. The number of nitrogens with zero attached hydrogens (tertiary/aromatic N) is 1. The topological polar surface area (TPSA) is 52.0 Å². The Morgan fingerprint density at radius 3 is 3.10 bits per heavy atom. The number of nitrogens with two attached hydrogens (primary N) is 1. The van der Waals surface area contributed by atoms with E-state index in [0.717, 1.165) is 22.7 Å². The molecule has 2 N–H and O–H groups in total. The molecule has 3 heterocycles. The molecule has 5 heteroatoms. The van der Waals surface area contributed by atoms with E-state index in [-0.39, 0.29) is 6.04 Å². The number of fused-ring (bicyclic) bond motifs is 2. The van der Waals surface area contributed by atoms with Gasteiger partial charge < -0.3 is 10.2 Å². The first kappa shape index (κ1) is 13.4. The summed E-state index contributed by atoms with van der Waals surface area (Å²) < 4.78 is 5.77. The van der Waals surface area contributed by atoms with Crippen LogP contribution < -0.4 is 5.73 Å². The number of oxazole rings is 1. The third-order valence-corrected chi connectivity index (χ3v) is 6.12. The highest BCUT2D eigenvalue weighted by molar-refractivity contribution is 7.98. The summed E-state index contributed by atoms with van der Waals surface area (Å²) in [4.78, 5) is 7.28. The van der Waals surface area contributed by atoms with E-state index < -0.39 is 0 Å². The van der Waals surface area contributed by atoms with Gasteiger partial charge in [-0.3, -0.25) is 0 Å². The first-order valence-electron chi connectivity index (χ1n) is 7.09. The van der Waals surface area contributed by atoms with Crippen LogP contribution in [0.5, 0.6) is 0 Å². The van der Waals surface area contributed by atoms with Gasteiger partial charge in [0.05, 0.1) is 0 Å². The van der Waals surface area contributed by atoms with Crippen molar-refractivity contribution in [1.29, 1.82) is 0 Å². The van der Waals surface area contributed by atoms with Gasteiger partial charge in [0, 0.05) is 28.0 Å². The molecule has 0 spiro atoms. The van der Waals surface area contributed by atoms with Crippen LogP contribution in [0.3, 0.4) is 0 Å². The number of aryl methyl sites for hydroxylation is 1. The van der Waals surface area contributed by atoms with Gasteiger partial charge in [0.25, 0.3) is 0 Å². The number of hydrogen-bond donors (Lipinski definition) is 1. The molecule has 0 fully saturated rings. The van der Waals surface area contributed by atoms with Crippen molar-refractivity contribution in [2.45, 2.75) is 24.6 Å². The Morgan fingerprint density at radius 2 is 2.24 bits per heavy atom. The number of thioether (sulfide) groups is 1. The second-order valence-electron chi connectivity index (χ2n) is 5.29. The zero-order valence-corrected chi connectivity index (χ0v) is 13.2. The van der Waals surface area contributed by atoms with E-state index >= 15 is 0 Å². The minimum Gasteiger partial charge on any atom is -0.441 e. The smallest absolute Gasteiger partial charge is 0.197 e. The van der Waals surface area contributed by atoms with Gasteiger partial charge in [0.15, 0.2) is 11.5 Å². The molecule has 0 bridgehead atoms. The zero-order chi connectivity index (χ0) is 14.2. The Bertz CT molecular complexity index is 721. The standard InChI is InChI=1S/C16H16N2OS2/c17-11(15-7-10-9-20-6-5-14(10)21-15)8-16-18-12-3-1-2-4-13(12)19-16/h1-4,7,11H,5-6,8-9,17H2. The summed E-state index contributed by atoms with van der Waals surface area (Å²) in [7, 11) is 0. The highest BCUT2D eigenvalue weighted by atomic mass is 32.2. The monoisotopic (exact) mass is 316 g/mol. The Hall–Kier alpha value is -1.30. The van der Waals surface area contributed by atoms with Gasteiger partial charge in [-0.2, -0.15) is 11.8 Å². The summed E-state index contributed by atoms with van der Waals surface area (Å²) in [5, 5.41) is 0. The van der Waals surface area contributed by atoms with Crippen molar-refractivity contribution in [3.8, 4) is 0 Å². The van der Waals surface area contributed by atoms with Crippen LogP contribution in [0.25, 0.3) is 11.1 Å². The second kappa shape index (κ2) is 5.48. The number of hydrogen-bond acceptors (Lipinski definition) is 5. The third-order valence-electron chi connectivity index (χ3n) is 3.74. The van der Waals surface area contributed by atoms with Crippen LogP contribution in [0, 0.1) is 0 Å². The molecule has 1 aliphatic rings. The molecule has 1 aromatic carbocycles. The quantitative estimate of drug-likeness (QED) is 0.795. The number of rotatable bonds is 3. The zero-order valence-electron chi connectivity index (χ0n) is 11.5. The molecule has 1 unspecified atom stereocenters. The van der Waals surface area contributed by atoms with Crippen LogP contribution >= 0.6 is 23.1 Å². The first-order valence-corrected chi connectivity index (χ1v) is 9.06. The SMILES string of the molecule is NC(Cc1nc2ccccc2o1)c1cc2c(s1)CCSC2. The number of thiophene rings is 1. The fourth-order valence-corrected chi connectivity index (χ4v) is 5.03. The number of benzene rings is 1. The lowest BCUT2D eigenvalue weighted by Crippen LogP contribution is -2.11. The fraction of sp³-hybridized carbons (Fsp3) is 0.312. The largest absolute Gasteiger partial charge is 0.441 e. The second-order valence-corrected chi connectivity index (χ2v) is 7.56. The molecule has 21 heavy (non-hydrogen) atoms. The predicted octanol–water partition coefficient (Wildman–Crippen LogP) is 3.92. The molecule has 1 aliphatic heterocycles. The van der Waals surface area contributed by atoms with Crippen LogP contribution in [0.2, 0.25) is 0 Å². The molecular weight excluding hydrogens is 300 g/mol. The molecule has 0 aliphatic carbocycles. The van der Waals surface area contributed by atoms with Crippen molar-refractivity contribution in [2.75, 3.05) is 5.75 Å². The maximum Gasteiger partial charge on any atom is 0.197 e. The lowest BCUT2D eigenvalue weighted by molar-refractivity contribution is 0.504. The van der Waals surface area contributed by atoms with Crippen LogP contribution in [-0.4, -0.2) is 10.7 Å². The van der Waals surface area contributed by atoms with Crippen molar-refractivity contribution in [3.05, 3.63) is 51.5 Å². The molecule has 3 aromatic rings. The van der Waals surface area contributed by atoms with Gasteiger partial charge in [-0.05, 0) is 35.9 Å². The Morgan fingerprint density at radius 1 is 1.33 bits per heavy atom.